The molecule has 0 saturated carbocycles. The van der Waals surface area contributed by atoms with Crippen LogP contribution in [-0.4, -0.2) is 35.6 Å². The van der Waals surface area contributed by atoms with E-state index in [0.717, 1.165) is 32.5 Å². The number of hydrogen-bond donors (Lipinski definition) is 1. The minimum atomic E-state index is -0.279. The molecule has 0 bridgehead atoms. The molecule has 4 nitrogen and oxygen atoms in total. The van der Waals surface area contributed by atoms with Gasteiger partial charge in [-0.3, -0.25) is 0 Å². The highest BCUT2D eigenvalue weighted by atomic mass is 19.1. The van der Waals surface area contributed by atoms with Gasteiger partial charge in [-0.25, -0.2) is 14.4 Å². The zero-order chi connectivity index (χ0) is 13.8. The third-order valence-corrected chi connectivity index (χ3v) is 3.53. The van der Waals surface area contributed by atoms with Crippen LogP contribution in [-0.2, 0) is 0 Å². The number of anilines is 1. The third-order valence-electron chi connectivity index (χ3n) is 3.53. The SMILES string of the molecule is Cc1ncnc(N2CCCC2CNCC(C)C)c1F. The Hall–Kier alpha value is -1.23. The average molecular weight is 266 g/mol. The number of hydrogen-bond acceptors (Lipinski definition) is 4. The first kappa shape index (κ1) is 14.2. The van der Waals surface area contributed by atoms with Crippen LogP contribution < -0.4 is 10.2 Å². The van der Waals surface area contributed by atoms with Crippen LogP contribution in [0.2, 0.25) is 0 Å². The Morgan fingerprint density at radius 1 is 1.47 bits per heavy atom. The fourth-order valence-electron chi connectivity index (χ4n) is 2.51. The summed E-state index contributed by atoms with van der Waals surface area (Å²) in [4.78, 5) is 10.1. The van der Waals surface area contributed by atoms with Crippen LogP contribution in [0.1, 0.15) is 32.4 Å². The molecule has 1 fully saturated rings. The van der Waals surface area contributed by atoms with Gasteiger partial charge in [0.05, 0.1) is 5.69 Å². The summed E-state index contributed by atoms with van der Waals surface area (Å²) in [5.41, 5.74) is 0.422. The van der Waals surface area contributed by atoms with Gasteiger partial charge >= 0.3 is 0 Å². The summed E-state index contributed by atoms with van der Waals surface area (Å²) >= 11 is 0. The molecule has 5 heteroatoms. The maximum Gasteiger partial charge on any atom is 0.186 e. The molecule has 1 N–H and O–H groups in total. The van der Waals surface area contributed by atoms with E-state index in [-0.39, 0.29) is 5.82 Å². The first-order valence-corrected chi connectivity index (χ1v) is 7.04. The maximum absolute atomic E-state index is 14.1. The number of halogens is 1. The molecule has 1 aromatic rings. The molecular weight excluding hydrogens is 243 g/mol. The third kappa shape index (κ3) is 3.41. The average Bonchev–Trinajstić information content (AvgIpc) is 2.80. The Bertz CT molecular complexity index is 422. The number of aryl methyl sites for hydroxylation is 1. The highest BCUT2D eigenvalue weighted by molar-refractivity contribution is 5.43. The second-order valence-electron chi connectivity index (χ2n) is 5.64. The van der Waals surface area contributed by atoms with E-state index in [1.807, 2.05) is 0 Å². The van der Waals surface area contributed by atoms with Crippen molar-refractivity contribution in [3.63, 3.8) is 0 Å². The van der Waals surface area contributed by atoms with Gasteiger partial charge in [-0.1, -0.05) is 13.8 Å². The molecule has 1 aliphatic heterocycles. The molecule has 1 aromatic heterocycles. The molecule has 1 atom stereocenters. The molecule has 0 aliphatic carbocycles. The Kier molecular flexibility index (Phi) is 4.69. The summed E-state index contributed by atoms with van der Waals surface area (Å²) in [5.74, 6) is 0.812. The zero-order valence-corrected chi connectivity index (χ0v) is 12.0. The molecular formula is C14H23FN4. The first-order chi connectivity index (χ1) is 9.09. The molecule has 1 saturated heterocycles. The van der Waals surface area contributed by atoms with Crippen molar-refractivity contribution < 1.29 is 4.39 Å². The first-order valence-electron chi connectivity index (χ1n) is 7.04. The van der Waals surface area contributed by atoms with Crippen molar-refractivity contribution in [1.29, 1.82) is 0 Å². The second kappa shape index (κ2) is 6.28. The van der Waals surface area contributed by atoms with Crippen LogP contribution in [0.15, 0.2) is 6.33 Å². The van der Waals surface area contributed by atoms with Gasteiger partial charge in [-0.05, 0) is 32.2 Å². The van der Waals surface area contributed by atoms with E-state index < -0.39 is 0 Å². The minimum Gasteiger partial charge on any atom is -0.350 e. The summed E-state index contributed by atoms with van der Waals surface area (Å²) in [7, 11) is 0. The van der Waals surface area contributed by atoms with E-state index in [0.29, 0.717) is 23.5 Å². The highest BCUT2D eigenvalue weighted by Crippen LogP contribution is 2.26. The molecule has 2 heterocycles. The fourth-order valence-corrected chi connectivity index (χ4v) is 2.51. The molecule has 0 amide bonds. The van der Waals surface area contributed by atoms with Gasteiger partial charge in [-0.2, -0.15) is 0 Å². The van der Waals surface area contributed by atoms with Crippen molar-refractivity contribution >= 4 is 5.82 Å². The van der Waals surface area contributed by atoms with Gasteiger partial charge in [0.2, 0.25) is 0 Å². The van der Waals surface area contributed by atoms with E-state index in [1.165, 1.54) is 6.33 Å². The summed E-state index contributed by atoms with van der Waals surface area (Å²) in [6.07, 6.45) is 3.63. The Labute approximate surface area is 114 Å². The molecule has 1 aliphatic rings. The predicted molar refractivity (Wildman–Crippen MR) is 74.8 cm³/mol. The van der Waals surface area contributed by atoms with Crippen molar-refractivity contribution in [1.82, 2.24) is 15.3 Å². The largest absolute Gasteiger partial charge is 0.350 e. The summed E-state index contributed by atoms with van der Waals surface area (Å²) in [5, 5.41) is 3.45. The zero-order valence-electron chi connectivity index (χ0n) is 12.0. The van der Waals surface area contributed by atoms with Crippen LogP contribution in [0.4, 0.5) is 10.2 Å². The number of aromatic nitrogens is 2. The van der Waals surface area contributed by atoms with E-state index in [4.69, 9.17) is 0 Å². The normalized spacial score (nSPS) is 19.4. The van der Waals surface area contributed by atoms with Crippen molar-refractivity contribution in [3.8, 4) is 0 Å². The molecule has 0 spiro atoms. The van der Waals surface area contributed by atoms with E-state index in [9.17, 15) is 4.39 Å². The van der Waals surface area contributed by atoms with Gasteiger partial charge in [0.25, 0.3) is 0 Å². The quantitative estimate of drug-likeness (QED) is 0.886. The molecule has 0 aromatic carbocycles. The predicted octanol–water partition coefficient (Wildman–Crippen LogP) is 2.14. The van der Waals surface area contributed by atoms with E-state index in [2.05, 4.69) is 34.0 Å². The second-order valence-corrected chi connectivity index (χ2v) is 5.64. The lowest BCUT2D eigenvalue weighted by Crippen LogP contribution is -2.40. The molecule has 2 rings (SSSR count). The standard InChI is InChI=1S/C14H23FN4/c1-10(2)7-16-8-12-5-4-6-19(12)14-13(15)11(3)17-9-18-14/h9-10,12,16H,4-8H2,1-3H3. The topological polar surface area (TPSA) is 41.1 Å². The minimum absolute atomic E-state index is 0.279. The van der Waals surface area contributed by atoms with Gasteiger partial charge in [0.15, 0.2) is 11.6 Å². The van der Waals surface area contributed by atoms with Crippen LogP contribution in [0.5, 0.6) is 0 Å². The van der Waals surface area contributed by atoms with E-state index in [1.54, 1.807) is 6.92 Å². The van der Waals surface area contributed by atoms with Gasteiger partial charge < -0.3 is 10.2 Å². The Balaban J connectivity index is 2.04. The number of nitrogens with one attached hydrogen (secondary N) is 1. The van der Waals surface area contributed by atoms with Crippen molar-refractivity contribution in [2.24, 2.45) is 5.92 Å². The maximum atomic E-state index is 14.1. The Morgan fingerprint density at radius 2 is 2.26 bits per heavy atom. The van der Waals surface area contributed by atoms with Crippen molar-refractivity contribution in [2.75, 3.05) is 24.5 Å². The lowest BCUT2D eigenvalue weighted by molar-refractivity contribution is 0.505. The van der Waals surface area contributed by atoms with Crippen LogP contribution >= 0.6 is 0 Å². The lowest BCUT2D eigenvalue weighted by Gasteiger charge is -2.26. The number of rotatable bonds is 5. The van der Waals surface area contributed by atoms with Crippen molar-refractivity contribution in [3.05, 3.63) is 17.8 Å². The highest BCUT2D eigenvalue weighted by Gasteiger charge is 2.28. The molecule has 1 unspecified atom stereocenters. The van der Waals surface area contributed by atoms with Crippen LogP contribution in [0.25, 0.3) is 0 Å². The molecule has 106 valence electrons. The smallest absolute Gasteiger partial charge is 0.186 e. The monoisotopic (exact) mass is 266 g/mol. The van der Waals surface area contributed by atoms with Gasteiger partial charge in [0.1, 0.15) is 6.33 Å². The van der Waals surface area contributed by atoms with Crippen molar-refractivity contribution in [2.45, 2.75) is 39.7 Å². The Morgan fingerprint density at radius 3 is 3.00 bits per heavy atom. The van der Waals surface area contributed by atoms with Crippen LogP contribution in [0, 0.1) is 18.7 Å². The fraction of sp³-hybridized carbons (Fsp3) is 0.714. The molecule has 19 heavy (non-hydrogen) atoms. The van der Waals surface area contributed by atoms with Gasteiger partial charge in [-0.15, -0.1) is 0 Å². The summed E-state index contributed by atoms with van der Waals surface area (Å²) in [6, 6.07) is 0.336. The summed E-state index contributed by atoms with van der Waals surface area (Å²) in [6.45, 7) is 8.82. The van der Waals surface area contributed by atoms with E-state index >= 15 is 0 Å². The lowest BCUT2D eigenvalue weighted by atomic mass is 10.2. The number of nitrogens with zero attached hydrogens (tertiary/aromatic N) is 3. The summed E-state index contributed by atoms with van der Waals surface area (Å²) < 4.78 is 14.1. The molecule has 0 radical (unpaired) electrons. The van der Waals surface area contributed by atoms with Crippen LogP contribution in [0.3, 0.4) is 0 Å². The van der Waals surface area contributed by atoms with Gasteiger partial charge in [0, 0.05) is 19.1 Å².